The molecule has 0 spiro atoms. The fraction of sp³-hybridized carbons (Fsp3) is 0.714. The van der Waals surface area contributed by atoms with E-state index in [4.69, 9.17) is 16.1 Å². The van der Waals surface area contributed by atoms with Crippen LogP contribution < -0.4 is 4.89 Å². The molecule has 6 nitrogen and oxygen atoms in total. The average Bonchev–Trinajstić information content (AvgIpc) is 2.25. The lowest BCUT2D eigenvalue weighted by Gasteiger charge is -2.23. The summed E-state index contributed by atoms with van der Waals surface area (Å²) in [5.41, 5.74) is -1.28. The van der Waals surface area contributed by atoms with Crippen LogP contribution in [-0.4, -0.2) is 28.0 Å². The molecule has 0 amide bonds. The van der Waals surface area contributed by atoms with Crippen LogP contribution in [0.2, 0.25) is 0 Å². The highest BCUT2D eigenvalue weighted by atomic mass is 31.2. The van der Waals surface area contributed by atoms with E-state index in [2.05, 4.69) is 10.4 Å². The van der Waals surface area contributed by atoms with Crippen LogP contribution in [0.15, 0.2) is 0 Å². The molecule has 1 heterocycles. The molecule has 80 valence electrons. The molecule has 1 aliphatic heterocycles. The number of ether oxygens (including phenoxy) is 1. The third-order valence-corrected chi connectivity index (χ3v) is 2.47. The summed E-state index contributed by atoms with van der Waals surface area (Å²) in [7, 11) is -4.86. The number of phosphoric acid groups is 1. The van der Waals surface area contributed by atoms with E-state index in [9.17, 15) is 14.6 Å². The van der Waals surface area contributed by atoms with Crippen molar-refractivity contribution >= 4 is 7.82 Å². The van der Waals surface area contributed by atoms with Gasteiger partial charge in [0.15, 0.2) is 11.9 Å². The molecule has 0 saturated carbocycles. The summed E-state index contributed by atoms with van der Waals surface area (Å²) in [5, 5.41) is 9.39. The van der Waals surface area contributed by atoms with Gasteiger partial charge in [0.05, 0.1) is 6.10 Å². The highest BCUT2D eigenvalue weighted by Gasteiger charge is 2.44. The Morgan fingerprint density at radius 3 is 2.79 bits per heavy atom. The molecule has 1 saturated heterocycles. The van der Waals surface area contributed by atoms with Crippen LogP contribution >= 0.6 is 7.82 Å². The van der Waals surface area contributed by atoms with Crippen molar-refractivity contribution in [3.05, 3.63) is 0 Å². The largest absolute Gasteiger partial charge is 0.756 e. The van der Waals surface area contributed by atoms with Gasteiger partial charge in [0, 0.05) is 6.42 Å². The fourth-order valence-electron chi connectivity index (χ4n) is 1.15. The Labute approximate surface area is 81.1 Å². The monoisotopic (exact) mass is 221 g/mol. The number of hydrogen-bond acceptors (Lipinski definition) is 5. The Bertz CT molecular complexity index is 304. The summed E-state index contributed by atoms with van der Waals surface area (Å²) < 4.78 is 19.4. The molecule has 0 radical (unpaired) electrons. The van der Waals surface area contributed by atoms with Crippen LogP contribution in [0.25, 0.3) is 0 Å². The Morgan fingerprint density at radius 1 is 1.86 bits per heavy atom. The van der Waals surface area contributed by atoms with E-state index in [0.717, 1.165) is 0 Å². The van der Waals surface area contributed by atoms with Crippen molar-refractivity contribution in [1.82, 2.24) is 0 Å². The van der Waals surface area contributed by atoms with Gasteiger partial charge in [0.2, 0.25) is 0 Å². The van der Waals surface area contributed by atoms with Crippen LogP contribution in [0, 0.1) is 12.3 Å². The normalized spacial score (nSPS) is 41.6. The van der Waals surface area contributed by atoms with E-state index in [1.807, 2.05) is 0 Å². The second-order valence-corrected chi connectivity index (χ2v) is 4.27. The molecule has 0 aromatic carbocycles. The van der Waals surface area contributed by atoms with Crippen LogP contribution in [0.4, 0.5) is 0 Å². The second kappa shape index (κ2) is 3.63. The lowest BCUT2D eigenvalue weighted by atomic mass is 10.0. The fourth-order valence-corrected chi connectivity index (χ4v) is 1.58. The van der Waals surface area contributed by atoms with Crippen LogP contribution in [0.1, 0.15) is 13.3 Å². The van der Waals surface area contributed by atoms with E-state index in [1.165, 1.54) is 6.92 Å². The Hall–Kier alpha value is -0.410. The van der Waals surface area contributed by atoms with Crippen molar-refractivity contribution in [3.63, 3.8) is 0 Å². The first-order valence-electron chi connectivity index (χ1n) is 3.83. The molecular weight excluding hydrogens is 211 g/mol. The standard InChI is InChI=1S/C7H11O6P/c1-3-7(2)5(8)4-6(12-7)13-14(9,10)11/h1,5-6,8H,4H2,2H3,(H2,9,10,11)/p-1/t5-,6+,7-/m0/s1. The van der Waals surface area contributed by atoms with Gasteiger partial charge in [-0.3, -0.25) is 9.09 Å². The van der Waals surface area contributed by atoms with E-state index in [-0.39, 0.29) is 6.42 Å². The summed E-state index contributed by atoms with van der Waals surface area (Å²) in [6.07, 6.45) is 2.72. The molecule has 0 aromatic rings. The molecular formula is C7H10O6P-. The topological polar surface area (TPSA) is 99.1 Å². The summed E-state index contributed by atoms with van der Waals surface area (Å²) in [6.45, 7) is 1.42. The van der Waals surface area contributed by atoms with Gasteiger partial charge in [-0.2, -0.15) is 0 Å². The summed E-state index contributed by atoms with van der Waals surface area (Å²) in [5.74, 6) is 2.18. The quantitative estimate of drug-likeness (QED) is 0.456. The number of phosphoric ester groups is 1. The molecule has 0 bridgehead atoms. The number of hydrogen-bond donors (Lipinski definition) is 2. The van der Waals surface area contributed by atoms with E-state index >= 15 is 0 Å². The minimum atomic E-state index is -4.86. The van der Waals surface area contributed by atoms with Gasteiger partial charge in [-0.25, -0.2) is 0 Å². The van der Waals surface area contributed by atoms with Gasteiger partial charge in [-0.15, -0.1) is 6.42 Å². The summed E-state index contributed by atoms with van der Waals surface area (Å²) >= 11 is 0. The lowest BCUT2D eigenvalue weighted by Crippen LogP contribution is -2.33. The van der Waals surface area contributed by atoms with Gasteiger partial charge >= 0.3 is 0 Å². The molecule has 1 unspecified atom stereocenters. The highest BCUT2D eigenvalue weighted by Crippen LogP contribution is 2.39. The van der Waals surface area contributed by atoms with Crippen LogP contribution in [-0.2, 0) is 13.8 Å². The molecule has 7 heteroatoms. The maximum absolute atomic E-state index is 10.3. The zero-order valence-corrected chi connectivity index (χ0v) is 8.31. The number of aliphatic hydroxyl groups is 1. The Balaban J connectivity index is 2.66. The first-order valence-corrected chi connectivity index (χ1v) is 5.32. The molecule has 1 fully saturated rings. The molecule has 14 heavy (non-hydrogen) atoms. The van der Waals surface area contributed by atoms with Crippen molar-refractivity contribution in [3.8, 4) is 12.3 Å². The lowest BCUT2D eigenvalue weighted by molar-refractivity contribution is -0.239. The molecule has 4 atom stereocenters. The smallest absolute Gasteiger partial charge is 0.267 e. The Kier molecular flexibility index (Phi) is 3.02. The maximum atomic E-state index is 10.3. The number of aliphatic hydroxyl groups excluding tert-OH is 1. The summed E-state index contributed by atoms with van der Waals surface area (Å²) in [4.78, 5) is 18.7. The predicted molar refractivity (Wildman–Crippen MR) is 43.6 cm³/mol. The predicted octanol–water partition coefficient (Wildman–Crippen LogP) is -1.04. The van der Waals surface area contributed by atoms with Crippen LogP contribution in [0.3, 0.4) is 0 Å². The molecule has 1 aliphatic rings. The number of terminal acetylenes is 1. The second-order valence-electron chi connectivity index (χ2n) is 3.12. The van der Waals surface area contributed by atoms with Crippen molar-refractivity contribution in [2.24, 2.45) is 0 Å². The SMILES string of the molecule is C#C[C@]1(C)O[C@H](OP(=O)([O-])O)C[C@@H]1O. The molecule has 1 rings (SSSR count). The molecule has 0 aliphatic carbocycles. The van der Waals surface area contributed by atoms with Crippen molar-refractivity contribution < 1.29 is 28.7 Å². The molecule has 0 aromatic heterocycles. The Morgan fingerprint density at radius 2 is 2.43 bits per heavy atom. The average molecular weight is 221 g/mol. The minimum absolute atomic E-state index is 0.104. The van der Waals surface area contributed by atoms with E-state index in [0.29, 0.717) is 0 Å². The zero-order chi connectivity index (χ0) is 11.0. The van der Waals surface area contributed by atoms with Crippen molar-refractivity contribution in [1.29, 1.82) is 0 Å². The van der Waals surface area contributed by atoms with Gasteiger partial charge in [-0.1, -0.05) is 5.92 Å². The van der Waals surface area contributed by atoms with Crippen molar-refractivity contribution in [2.75, 3.05) is 0 Å². The van der Waals surface area contributed by atoms with Gasteiger partial charge < -0.3 is 19.6 Å². The first-order chi connectivity index (χ1) is 6.27. The highest BCUT2D eigenvalue weighted by molar-refractivity contribution is 7.44. The third-order valence-electron chi connectivity index (χ3n) is 1.97. The third kappa shape index (κ3) is 2.55. The zero-order valence-electron chi connectivity index (χ0n) is 7.41. The maximum Gasteiger partial charge on any atom is 0.267 e. The van der Waals surface area contributed by atoms with Gasteiger partial charge in [0.25, 0.3) is 7.82 Å². The summed E-state index contributed by atoms with van der Waals surface area (Å²) in [6, 6.07) is 0. The molecule has 2 N–H and O–H groups in total. The first kappa shape index (κ1) is 11.7. The van der Waals surface area contributed by atoms with Crippen molar-refractivity contribution in [2.45, 2.75) is 31.3 Å². The minimum Gasteiger partial charge on any atom is -0.756 e. The van der Waals surface area contributed by atoms with Gasteiger partial charge in [-0.05, 0) is 6.92 Å². The van der Waals surface area contributed by atoms with E-state index in [1.54, 1.807) is 0 Å². The number of rotatable bonds is 2. The van der Waals surface area contributed by atoms with Crippen LogP contribution in [0.5, 0.6) is 0 Å². The van der Waals surface area contributed by atoms with E-state index < -0.39 is 25.8 Å². The van der Waals surface area contributed by atoms with Gasteiger partial charge in [0.1, 0.15) is 0 Å².